The van der Waals surface area contributed by atoms with Crippen LogP contribution in [0.5, 0.6) is 17.2 Å². The molecule has 0 aliphatic rings. The quantitative estimate of drug-likeness (QED) is 0.347. The molecule has 3 atom stereocenters. The van der Waals surface area contributed by atoms with Gasteiger partial charge in [-0.25, -0.2) is 18.6 Å². The number of nitrogens with one attached hydrogen (secondary N) is 1. The average Bonchev–Trinajstić information content (AvgIpc) is 2.91. The number of carbonyl (C=O) groups is 2. The zero-order valence-corrected chi connectivity index (χ0v) is 22.2. The van der Waals surface area contributed by atoms with E-state index in [-0.39, 0.29) is 23.8 Å². The van der Waals surface area contributed by atoms with Gasteiger partial charge in [0.2, 0.25) is 0 Å². The molecule has 0 radical (unpaired) electrons. The molecule has 2 N–H and O–H groups in total. The van der Waals surface area contributed by atoms with Crippen LogP contribution in [0.25, 0.3) is 0 Å². The van der Waals surface area contributed by atoms with Gasteiger partial charge in [0.05, 0.1) is 20.8 Å². The van der Waals surface area contributed by atoms with Gasteiger partial charge in [-0.2, -0.15) is 0 Å². The number of halogens is 2. The van der Waals surface area contributed by atoms with Gasteiger partial charge in [0.25, 0.3) is 5.91 Å². The van der Waals surface area contributed by atoms with Crippen molar-refractivity contribution in [2.75, 3.05) is 21.3 Å². The lowest BCUT2D eigenvalue weighted by molar-refractivity contribution is -0.150. The number of pyridine rings is 1. The van der Waals surface area contributed by atoms with E-state index in [4.69, 9.17) is 18.9 Å². The summed E-state index contributed by atoms with van der Waals surface area (Å²) in [7, 11) is 4.12. The van der Waals surface area contributed by atoms with Crippen LogP contribution >= 0.6 is 0 Å². The van der Waals surface area contributed by atoms with Crippen LogP contribution in [0, 0.1) is 11.6 Å². The van der Waals surface area contributed by atoms with Crippen LogP contribution < -0.4 is 14.8 Å². The molecule has 0 bridgehead atoms. The third-order valence-corrected chi connectivity index (χ3v) is 6.07. The van der Waals surface area contributed by atoms with Crippen molar-refractivity contribution in [1.29, 1.82) is 0 Å². The number of aromatic nitrogens is 1. The number of ether oxygens (including phenoxy) is 4. The molecule has 3 rings (SSSR count). The molecule has 208 valence electrons. The minimum Gasteiger partial charge on any atom is -0.503 e. The fraction of sp³-hybridized carbons (Fsp3) is 0.321. The smallest absolute Gasteiger partial charge is 0.328 e. The Morgan fingerprint density at radius 2 is 1.72 bits per heavy atom. The van der Waals surface area contributed by atoms with E-state index < -0.39 is 47.3 Å². The van der Waals surface area contributed by atoms with Crippen LogP contribution in [0.1, 0.15) is 46.9 Å². The van der Waals surface area contributed by atoms with Crippen LogP contribution in [-0.4, -0.2) is 55.4 Å². The first-order valence-corrected chi connectivity index (χ1v) is 11.9. The van der Waals surface area contributed by atoms with Crippen molar-refractivity contribution in [2.24, 2.45) is 0 Å². The Hall–Kier alpha value is -4.25. The number of rotatable bonds is 11. The van der Waals surface area contributed by atoms with Crippen molar-refractivity contribution in [2.45, 2.75) is 38.5 Å². The summed E-state index contributed by atoms with van der Waals surface area (Å²) in [5.74, 6) is -3.78. The van der Waals surface area contributed by atoms with Crippen molar-refractivity contribution in [3.8, 4) is 17.2 Å². The molecule has 3 aromatic rings. The van der Waals surface area contributed by atoms with E-state index in [1.807, 2.05) is 0 Å². The predicted molar refractivity (Wildman–Crippen MR) is 137 cm³/mol. The van der Waals surface area contributed by atoms with Gasteiger partial charge in [0.1, 0.15) is 18.0 Å². The summed E-state index contributed by atoms with van der Waals surface area (Å²) in [5, 5.41) is 12.6. The summed E-state index contributed by atoms with van der Waals surface area (Å²) in [4.78, 5) is 29.5. The van der Waals surface area contributed by atoms with Crippen molar-refractivity contribution >= 4 is 11.9 Å². The van der Waals surface area contributed by atoms with E-state index in [9.17, 15) is 23.5 Å². The van der Waals surface area contributed by atoms with Crippen LogP contribution in [-0.2, 0) is 20.9 Å². The Morgan fingerprint density at radius 1 is 1.00 bits per heavy atom. The first kappa shape index (κ1) is 29.3. The monoisotopic (exact) mass is 544 g/mol. The van der Waals surface area contributed by atoms with Crippen LogP contribution in [0.2, 0.25) is 0 Å². The second kappa shape index (κ2) is 13.0. The van der Waals surface area contributed by atoms with Gasteiger partial charge < -0.3 is 29.4 Å². The highest BCUT2D eigenvalue weighted by Crippen LogP contribution is 2.35. The summed E-state index contributed by atoms with van der Waals surface area (Å²) in [6, 6.07) is 8.61. The number of nitrogens with zero attached hydrogens (tertiary/aromatic N) is 1. The summed E-state index contributed by atoms with van der Waals surface area (Å²) >= 11 is 0. The molecular weight excluding hydrogens is 514 g/mol. The van der Waals surface area contributed by atoms with Crippen LogP contribution in [0.3, 0.4) is 0 Å². The maximum atomic E-state index is 14.2. The molecule has 0 spiro atoms. The molecule has 0 saturated heterocycles. The first-order valence-electron chi connectivity index (χ1n) is 11.9. The average molecular weight is 545 g/mol. The molecule has 11 heteroatoms. The molecule has 0 aliphatic carbocycles. The van der Waals surface area contributed by atoms with Crippen molar-refractivity contribution in [3.63, 3.8) is 0 Å². The van der Waals surface area contributed by atoms with E-state index in [2.05, 4.69) is 10.3 Å². The third-order valence-electron chi connectivity index (χ3n) is 6.07. The summed E-state index contributed by atoms with van der Waals surface area (Å²) in [6.45, 7) is 3.11. The molecular formula is C28H30F2N2O7. The molecule has 0 fully saturated rings. The van der Waals surface area contributed by atoms with Gasteiger partial charge >= 0.3 is 5.97 Å². The van der Waals surface area contributed by atoms with E-state index in [1.165, 1.54) is 70.8 Å². The van der Waals surface area contributed by atoms with Crippen molar-refractivity contribution in [1.82, 2.24) is 10.3 Å². The topological polar surface area (TPSA) is 116 Å². The number of benzene rings is 2. The lowest BCUT2D eigenvalue weighted by Gasteiger charge is -2.28. The standard InChI is InChI=1S/C28H30F2N2O7/c1-15(32-27(34)25-26(33)22(37-4)10-11-31-25)28(35)39-16(2)24(17-6-9-21(30)23(13-17)38-5)20-8-7-19(29)12-18(20)14-36-3/h6-13,15-16,24,33H,14H2,1-5H3,(H,32,34)/t15-,16-,24?/m0/s1. The van der Waals surface area contributed by atoms with E-state index in [0.29, 0.717) is 16.7 Å². The molecule has 0 aliphatic heterocycles. The number of methoxy groups -OCH3 is 3. The van der Waals surface area contributed by atoms with Gasteiger partial charge in [-0.3, -0.25) is 4.79 Å². The fourth-order valence-corrected chi connectivity index (χ4v) is 4.18. The first-order chi connectivity index (χ1) is 18.6. The van der Waals surface area contributed by atoms with E-state index >= 15 is 0 Å². The van der Waals surface area contributed by atoms with Crippen molar-refractivity contribution < 1.29 is 42.4 Å². The lowest BCUT2D eigenvalue weighted by Crippen LogP contribution is -2.41. The number of hydrogen-bond donors (Lipinski definition) is 2. The van der Waals surface area contributed by atoms with Crippen molar-refractivity contribution in [3.05, 3.63) is 82.7 Å². The fourth-order valence-electron chi connectivity index (χ4n) is 4.18. The number of carbonyl (C=O) groups excluding carboxylic acids is 2. The molecule has 39 heavy (non-hydrogen) atoms. The van der Waals surface area contributed by atoms with Gasteiger partial charge in [0, 0.05) is 25.3 Å². The van der Waals surface area contributed by atoms with Gasteiger partial charge in [-0.1, -0.05) is 12.1 Å². The summed E-state index contributed by atoms with van der Waals surface area (Å²) in [6.07, 6.45) is 0.414. The molecule has 1 amide bonds. The highest BCUT2D eigenvalue weighted by molar-refractivity contribution is 5.97. The predicted octanol–water partition coefficient (Wildman–Crippen LogP) is 4.11. The van der Waals surface area contributed by atoms with Gasteiger partial charge in [0.15, 0.2) is 28.8 Å². The number of esters is 1. The highest BCUT2D eigenvalue weighted by Gasteiger charge is 2.30. The second-order valence-corrected chi connectivity index (χ2v) is 8.70. The van der Waals surface area contributed by atoms with Crippen LogP contribution in [0.4, 0.5) is 8.78 Å². The Kier molecular flexibility index (Phi) is 9.78. The molecule has 1 heterocycles. The Balaban J connectivity index is 1.90. The molecule has 1 unspecified atom stereocenters. The number of aromatic hydroxyl groups is 1. The number of hydrogen-bond acceptors (Lipinski definition) is 8. The van der Waals surface area contributed by atoms with Gasteiger partial charge in [-0.15, -0.1) is 0 Å². The summed E-state index contributed by atoms with van der Waals surface area (Å²) < 4.78 is 49.4. The largest absolute Gasteiger partial charge is 0.503 e. The second-order valence-electron chi connectivity index (χ2n) is 8.70. The minimum absolute atomic E-state index is 0.0161. The van der Waals surface area contributed by atoms with Gasteiger partial charge in [-0.05, 0) is 54.8 Å². The lowest BCUT2D eigenvalue weighted by atomic mass is 9.84. The Bertz CT molecular complexity index is 1340. The SMILES string of the molecule is COCc1cc(F)ccc1C(c1ccc(F)c(OC)c1)[C@H](C)OC(=O)[C@H](C)NC(=O)c1nccc(OC)c1O. The third kappa shape index (κ3) is 6.80. The summed E-state index contributed by atoms with van der Waals surface area (Å²) in [5.41, 5.74) is 1.32. The highest BCUT2D eigenvalue weighted by atomic mass is 19.1. The molecule has 0 saturated carbocycles. The van der Waals surface area contributed by atoms with E-state index in [0.717, 1.165) is 0 Å². The van der Waals surface area contributed by atoms with E-state index in [1.54, 1.807) is 13.0 Å². The molecule has 1 aromatic heterocycles. The van der Waals surface area contributed by atoms with Crippen LogP contribution in [0.15, 0.2) is 48.7 Å². The zero-order chi connectivity index (χ0) is 28.7. The molecule has 9 nitrogen and oxygen atoms in total. The maximum absolute atomic E-state index is 14.2. The zero-order valence-electron chi connectivity index (χ0n) is 22.2. The normalized spacial score (nSPS) is 13.2. The minimum atomic E-state index is -1.14. The maximum Gasteiger partial charge on any atom is 0.328 e. The Labute approximate surface area is 224 Å². The molecule has 2 aromatic carbocycles. The number of amides is 1. The Morgan fingerprint density at radius 3 is 2.38 bits per heavy atom.